The fraction of sp³-hybridized carbons (Fsp3) is 0.562. The number of hydrogen-bond acceptors (Lipinski definition) is 4. The number of carbonyl (C=O) groups excluding carboxylic acids is 1. The van der Waals surface area contributed by atoms with E-state index >= 15 is 0 Å². The molecular formula is C16H19ClO4. The fourth-order valence-electron chi connectivity index (χ4n) is 2.94. The SMILES string of the molecule is CC(=O)c1ccc(OC2CCOC3(CCOC3)C2)c(Cl)c1. The van der Waals surface area contributed by atoms with Gasteiger partial charge in [0.1, 0.15) is 11.9 Å². The molecule has 0 aliphatic carbocycles. The third-order valence-electron chi connectivity index (χ3n) is 4.15. The van der Waals surface area contributed by atoms with Crippen molar-refractivity contribution >= 4 is 17.4 Å². The Balaban J connectivity index is 1.70. The Kier molecular flexibility index (Phi) is 4.20. The molecule has 1 aromatic carbocycles. The summed E-state index contributed by atoms with van der Waals surface area (Å²) in [7, 11) is 0. The molecule has 3 rings (SSSR count). The fourth-order valence-corrected chi connectivity index (χ4v) is 3.17. The molecule has 0 amide bonds. The molecule has 0 bridgehead atoms. The highest BCUT2D eigenvalue weighted by Crippen LogP contribution is 2.36. The zero-order valence-corrected chi connectivity index (χ0v) is 12.8. The van der Waals surface area contributed by atoms with Gasteiger partial charge in [0.2, 0.25) is 0 Å². The van der Waals surface area contributed by atoms with E-state index in [0.717, 1.165) is 25.9 Å². The molecule has 1 spiro atoms. The van der Waals surface area contributed by atoms with Crippen LogP contribution < -0.4 is 4.74 Å². The summed E-state index contributed by atoms with van der Waals surface area (Å²) in [6.07, 6.45) is 2.65. The van der Waals surface area contributed by atoms with Crippen LogP contribution in [0.4, 0.5) is 0 Å². The van der Waals surface area contributed by atoms with Crippen molar-refractivity contribution in [2.75, 3.05) is 19.8 Å². The summed E-state index contributed by atoms with van der Waals surface area (Å²) in [5.74, 6) is 0.624. The highest BCUT2D eigenvalue weighted by molar-refractivity contribution is 6.32. The van der Waals surface area contributed by atoms with E-state index in [1.165, 1.54) is 6.92 Å². The Morgan fingerprint density at radius 2 is 2.29 bits per heavy atom. The monoisotopic (exact) mass is 310 g/mol. The minimum absolute atomic E-state index is 0.00317. The van der Waals surface area contributed by atoms with Crippen molar-refractivity contribution in [3.8, 4) is 5.75 Å². The molecule has 4 nitrogen and oxygen atoms in total. The van der Waals surface area contributed by atoms with Crippen molar-refractivity contribution in [3.63, 3.8) is 0 Å². The number of carbonyl (C=O) groups is 1. The zero-order valence-electron chi connectivity index (χ0n) is 12.1. The van der Waals surface area contributed by atoms with Crippen molar-refractivity contribution in [3.05, 3.63) is 28.8 Å². The van der Waals surface area contributed by atoms with Crippen LogP contribution in [0.2, 0.25) is 5.02 Å². The van der Waals surface area contributed by atoms with E-state index in [1.54, 1.807) is 18.2 Å². The molecule has 2 atom stereocenters. The Bertz CT molecular complexity index is 537. The lowest BCUT2D eigenvalue weighted by Crippen LogP contribution is -2.44. The van der Waals surface area contributed by atoms with Gasteiger partial charge in [0.25, 0.3) is 0 Å². The quantitative estimate of drug-likeness (QED) is 0.804. The average Bonchev–Trinajstić information content (AvgIpc) is 2.89. The van der Waals surface area contributed by atoms with Crippen molar-refractivity contribution in [1.82, 2.24) is 0 Å². The first-order chi connectivity index (χ1) is 10.1. The van der Waals surface area contributed by atoms with E-state index < -0.39 is 0 Å². The van der Waals surface area contributed by atoms with Crippen molar-refractivity contribution in [2.45, 2.75) is 37.9 Å². The van der Waals surface area contributed by atoms with Crippen molar-refractivity contribution in [1.29, 1.82) is 0 Å². The molecule has 2 fully saturated rings. The number of ether oxygens (including phenoxy) is 3. The van der Waals surface area contributed by atoms with E-state index in [1.807, 2.05) is 0 Å². The van der Waals surface area contributed by atoms with Crippen LogP contribution >= 0.6 is 11.6 Å². The highest BCUT2D eigenvalue weighted by Gasteiger charge is 2.41. The van der Waals surface area contributed by atoms with Crippen LogP contribution in [0, 0.1) is 0 Å². The minimum atomic E-state index is -0.186. The number of hydrogen-bond donors (Lipinski definition) is 0. The zero-order chi connectivity index (χ0) is 14.9. The molecule has 21 heavy (non-hydrogen) atoms. The van der Waals surface area contributed by atoms with Crippen LogP contribution in [-0.4, -0.2) is 37.3 Å². The Labute approximate surface area is 129 Å². The maximum atomic E-state index is 11.3. The maximum absolute atomic E-state index is 11.3. The lowest BCUT2D eigenvalue weighted by atomic mass is 9.91. The number of halogens is 1. The lowest BCUT2D eigenvalue weighted by Gasteiger charge is -2.37. The van der Waals surface area contributed by atoms with E-state index in [0.29, 0.717) is 29.5 Å². The van der Waals surface area contributed by atoms with Gasteiger partial charge in [-0.1, -0.05) is 11.6 Å². The van der Waals surface area contributed by atoms with Crippen LogP contribution in [0.5, 0.6) is 5.75 Å². The molecular weight excluding hydrogens is 292 g/mol. The molecule has 0 N–H and O–H groups in total. The topological polar surface area (TPSA) is 44.8 Å². The first kappa shape index (κ1) is 14.8. The van der Waals surface area contributed by atoms with Crippen LogP contribution in [0.1, 0.15) is 36.5 Å². The number of rotatable bonds is 3. The average molecular weight is 311 g/mol. The third-order valence-corrected chi connectivity index (χ3v) is 4.44. The van der Waals surface area contributed by atoms with Gasteiger partial charge >= 0.3 is 0 Å². The molecule has 2 aliphatic rings. The third kappa shape index (κ3) is 3.23. The van der Waals surface area contributed by atoms with Crippen LogP contribution in [-0.2, 0) is 9.47 Å². The second-order valence-corrected chi connectivity index (χ2v) is 6.18. The summed E-state index contributed by atoms with van der Waals surface area (Å²) in [5, 5.41) is 0.478. The molecule has 0 saturated carbocycles. The Morgan fingerprint density at radius 1 is 1.43 bits per heavy atom. The van der Waals surface area contributed by atoms with Crippen molar-refractivity contribution in [2.24, 2.45) is 0 Å². The Hall–Kier alpha value is -1.10. The summed E-state index contributed by atoms with van der Waals surface area (Å²) >= 11 is 6.21. The first-order valence-electron chi connectivity index (χ1n) is 7.27. The van der Waals surface area contributed by atoms with Gasteiger partial charge in [0.05, 0.1) is 23.8 Å². The molecule has 2 heterocycles. The normalized spacial score (nSPS) is 28.8. The predicted octanol–water partition coefficient (Wildman–Crippen LogP) is 3.26. The highest BCUT2D eigenvalue weighted by atomic mass is 35.5. The molecule has 5 heteroatoms. The van der Waals surface area contributed by atoms with E-state index in [9.17, 15) is 4.79 Å². The summed E-state index contributed by atoms with van der Waals surface area (Å²) in [5.41, 5.74) is 0.411. The van der Waals surface area contributed by atoms with Gasteiger partial charge < -0.3 is 14.2 Å². The van der Waals surface area contributed by atoms with E-state index in [4.69, 9.17) is 25.8 Å². The number of benzene rings is 1. The van der Waals surface area contributed by atoms with Gasteiger partial charge in [0, 0.05) is 31.4 Å². The minimum Gasteiger partial charge on any atom is -0.489 e. The van der Waals surface area contributed by atoms with Crippen LogP contribution in [0.3, 0.4) is 0 Å². The molecule has 2 saturated heterocycles. The van der Waals surface area contributed by atoms with Gasteiger partial charge in [-0.2, -0.15) is 0 Å². The summed E-state index contributed by atoms with van der Waals surface area (Å²) in [6, 6.07) is 5.18. The van der Waals surface area contributed by atoms with Crippen molar-refractivity contribution < 1.29 is 19.0 Å². The molecule has 0 radical (unpaired) electrons. The van der Waals surface area contributed by atoms with Crippen LogP contribution in [0.25, 0.3) is 0 Å². The standard InChI is InChI=1S/C16H19ClO4/c1-11(18)12-2-3-15(14(17)8-12)21-13-4-6-20-16(9-13)5-7-19-10-16/h2-3,8,13H,4-7,9-10H2,1H3. The lowest BCUT2D eigenvalue weighted by molar-refractivity contribution is -0.112. The van der Waals surface area contributed by atoms with Gasteiger partial charge in [-0.3, -0.25) is 4.79 Å². The molecule has 0 aromatic heterocycles. The smallest absolute Gasteiger partial charge is 0.159 e. The van der Waals surface area contributed by atoms with Gasteiger partial charge in [-0.05, 0) is 25.1 Å². The maximum Gasteiger partial charge on any atom is 0.159 e. The second-order valence-electron chi connectivity index (χ2n) is 5.77. The Morgan fingerprint density at radius 3 is 2.95 bits per heavy atom. The molecule has 2 aliphatic heterocycles. The largest absolute Gasteiger partial charge is 0.489 e. The predicted molar refractivity (Wildman–Crippen MR) is 79.2 cm³/mol. The van der Waals surface area contributed by atoms with Gasteiger partial charge in [-0.15, -0.1) is 0 Å². The number of ketones is 1. The summed E-state index contributed by atoms with van der Waals surface area (Å²) in [6.45, 7) is 3.59. The molecule has 114 valence electrons. The second kappa shape index (κ2) is 5.95. The van der Waals surface area contributed by atoms with Gasteiger partial charge in [0.15, 0.2) is 5.78 Å². The van der Waals surface area contributed by atoms with Crippen LogP contribution in [0.15, 0.2) is 18.2 Å². The summed E-state index contributed by atoms with van der Waals surface area (Å²) in [4.78, 5) is 11.3. The summed E-state index contributed by atoms with van der Waals surface area (Å²) < 4.78 is 17.4. The van der Waals surface area contributed by atoms with Gasteiger partial charge in [-0.25, -0.2) is 0 Å². The molecule has 1 aromatic rings. The van der Waals surface area contributed by atoms with E-state index in [2.05, 4.69) is 0 Å². The molecule has 2 unspecified atom stereocenters. The van der Waals surface area contributed by atoms with E-state index in [-0.39, 0.29) is 17.5 Å². The number of Topliss-reactive ketones (excluding diaryl/α,β-unsaturated/α-hetero) is 1. The first-order valence-corrected chi connectivity index (χ1v) is 7.65.